The highest BCUT2D eigenvalue weighted by atomic mass is 16.3. The smallest absolute Gasteiger partial charge is 0.234 e. The molecule has 4 nitrogen and oxygen atoms in total. The number of hydrogen-bond acceptors (Lipinski definition) is 3. The third-order valence-electron chi connectivity index (χ3n) is 2.45. The zero-order valence-electron chi connectivity index (χ0n) is 7.18. The van der Waals surface area contributed by atoms with Crippen molar-refractivity contribution < 1.29 is 9.90 Å². The molecule has 0 heterocycles. The van der Waals surface area contributed by atoms with Crippen LogP contribution in [0.2, 0.25) is 0 Å². The lowest BCUT2D eigenvalue weighted by molar-refractivity contribution is -0.122. The van der Waals surface area contributed by atoms with E-state index in [0.717, 1.165) is 25.7 Å². The second kappa shape index (κ2) is 3.87. The molecule has 0 aromatic carbocycles. The Labute approximate surface area is 72.1 Å². The van der Waals surface area contributed by atoms with Crippen molar-refractivity contribution in [2.75, 3.05) is 13.2 Å². The van der Waals surface area contributed by atoms with Gasteiger partial charge in [-0.05, 0) is 12.8 Å². The Bertz CT molecular complexity index is 164. The van der Waals surface area contributed by atoms with Crippen LogP contribution in [0.1, 0.15) is 25.7 Å². The van der Waals surface area contributed by atoms with E-state index in [1.54, 1.807) is 0 Å². The van der Waals surface area contributed by atoms with Gasteiger partial charge in [0.15, 0.2) is 0 Å². The Morgan fingerprint density at radius 2 is 2.08 bits per heavy atom. The minimum atomic E-state index is -0.365. The summed E-state index contributed by atoms with van der Waals surface area (Å²) in [5.74, 6) is -0.175. The standard InChI is InChI=1S/C8H16N2O2/c9-5-7(12)10-8(6-11)3-1-2-4-8/h11H,1-6,9H2,(H,10,12). The Morgan fingerprint density at radius 3 is 2.50 bits per heavy atom. The molecule has 0 spiro atoms. The molecule has 0 radical (unpaired) electrons. The topological polar surface area (TPSA) is 75.4 Å². The van der Waals surface area contributed by atoms with Gasteiger partial charge in [0.25, 0.3) is 0 Å². The molecule has 1 rings (SSSR count). The summed E-state index contributed by atoms with van der Waals surface area (Å²) in [4.78, 5) is 11.0. The van der Waals surface area contributed by atoms with Gasteiger partial charge in [0.05, 0.1) is 18.7 Å². The number of carbonyl (C=O) groups is 1. The zero-order valence-corrected chi connectivity index (χ0v) is 7.18. The van der Waals surface area contributed by atoms with Crippen LogP contribution in [0.4, 0.5) is 0 Å². The van der Waals surface area contributed by atoms with Crippen LogP contribution in [0.15, 0.2) is 0 Å². The van der Waals surface area contributed by atoms with E-state index in [4.69, 9.17) is 10.8 Å². The van der Waals surface area contributed by atoms with Gasteiger partial charge in [-0.2, -0.15) is 0 Å². The highest BCUT2D eigenvalue weighted by Gasteiger charge is 2.33. The third kappa shape index (κ3) is 1.95. The molecule has 4 heteroatoms. The van der Waals surface area contributed by atoms with Gasteiger partial charge < -0.3 is 16.2 Å². The number of carbonyl (C=O) groups excluding carboxylic acids is 1. The molecule has 1 amide bonds. The molecule has 1 saturated carbocycles. The maximum absolute atomic E-state index is 11.0. The summed E-state index contributed by atoms with van der Waals surface area (Å²) < 4.78 is 0. The fourth-order valence-corrected chi connectivity index (χ4v) is 1.72. The van der Waals surface area contributed by atoms with Gasteiger partial charge in [-0.25, -0.2) is 0 Å². The number of nitrogens with two attached hydrogens (primary N) is 1. The van der Waals surface area contributed by atoms with Crippen molar-refractivity contribution in [1.82, 2.24) is 5.32 Å². The lowest BCUT2D eigenvalue weighted by atomic mass is 9.99. The Balaban J connectivity index is 2.49. The van der Waals surface area contributed by atoms with E-state index in [2.05, 4.69) is 5.32 Å². The van der Waals surface area contributed by atoms with Crippen LogP contribution in [0.25, 0.3) is 0 Å². The summed E-state index contributed by atoms with van der Waals surface area (Å²) in [6.07, 6.45) is 3.89. The molecule has 0 aromatic heterocycles. The van der Waals surface area contributed by atoms with Crippen molar-refractivity contribution in [1.29, 1.82) is 0 Å². The number of amides is 1. The SMILES string of the molecule is NCC(=O)NC1(CO)CCCC1. The van der Waals surface area contributed by atoms with Crippen molar-refractivity contribution in [3.05, 3.63) is 0 Å². The van der Waals surface area contributed by atoms with Crippen molar-refractivity contribution in [3.8, 4) is 0 Å². The molecule has 0 aromatic rings. The van der Waals surface area contributed by atoms with Gasteiger partial charge in [-0.1, -0.05) is 12.8 Å². The molecule has 1 fully saturated rings. The van der Waals surface area contributed by atoms with Crippen molar-refractivity contribution >= 4 is 5.91 Å². The predicted molar refractivity (Wildman–Crippen MR) is 45.5 cm³/mol. The molecule has 1 aliphatic rings. The number of aliphatic hydroxyl groups is 1. The summed E-state index contributed by atoms with van der Waals surface area (Å²) in [6.45, 7) is 0.0283. The Morgan fingerprint density at radius 1 is 1.50 bits per heavy atom. The van der Waals surface area contributed by atoms with Crippen LogP contribution in [0.3, 0.4) is 0 Å². The predicted octanol–water partition coefficient (Wildman–Crippen LogP) is -0.634. The maximum Gasteiger partial charge on any atom is 0.234 e. The molecule has 70 valence electrons. The van der Waals surface area contributed by atoms with E-state index in [0.29, 0.717) is 0 Å². The van der Waals surface area contributed by atoms with Crippen LogP contribution < -0.4 is 11.1 Å². The molecule has 0 atom stereocenters. The summed E-state index contributed by atoms with van der Waals surface area (Å²) in [5, 5.41) is 11.9. The summed E-state index contributed by atoms with van der Waals surface area (Å²) >= 11 is 0. The fourth-order valence-electron chi connectivity index (χ4n) is 1.72. The molecular weight excluding hydrogens is 156 g/mol. The molecule has 0 unspecified atom stereocenters. The van der Waals surface area contributed by atoms with Crippen LogP contribution in [0.5, 0.6) is 0 Å². The lowest BCUT2D eigenvalue weighted by Crippen LogP contribution is -2.51. The Hall–Kier alpha value is -0.610. The third-order valence-corrected chi connectivity index (χ3v) is 2.45. The number of nitrogens with one attached hydrogen (secondary N) is 1. The largest absolute Gasteiger partial charge is 0.394 e. The van der Waals surface area contributed by atoms with E-state index in [1.807, 2.05) is 0 Å². The number of aliphatic hydroxyl groups excluding tert-OH is 1. The van der Waals surface area contributed by atoms with Gasteiger partial charge in [-0.3, -0.25) is 4.79 Å². The van der Waals surface area contributed by atoms with Crippen molar-refractivity contribution in [2.24, 2.45) is 5.73 Å². The van der Waals surface area contributed by atoms with E-state index < -0.39 is 0 Å². The van der Waals surface area contributed by atoms with E-state index in [1.165, 1.54) is 0 Å². The van der Waals surface area contributed by atoms with Crippen molar-refractivity contribution in [2.45, 2.75) is 31.2 Å². The van der Waals surface area contributed by atoms with Crippen molar-refractivity contribution in [3.63, 3.8) is 0 Å². The van der Waals surface area contributed by atoms with Crippen LogP contribution in [0, 0.1) is 0 Å². The number of rotatable bonds is 3. The Kier molecular flexibility index (Phi) is 3.05. The van der Waals surface area contributed by atoms with Gasteiger partial charge in [-0.15, -0.1) is 0 Å². The zero-order chi connectivity index (χ0) is 9.03. The quantitative estimate of drug-likeness (QED) is 0.530. The second-order valence-corrected chi connectivity index (χ2v) is 3.40. The lowest BCUT2D eigenvalue weighted by Gasteiger charge is -2.27. The first-order valence-corrected chi connectivity index (χ1v) is 4.34. The molecule has 0 aliphatic heterocycles. The van der Waals surface area contributed by atoms with E-state index in [-0.39, 0.29) is 24.6 Å². The van der Waals surface area contributed by atoms with Gasteiger partial charge in [0.2, 0.25) is 5.91 Å². The molecule has 0 saturated heterocycles. The number of hydrogen-bond donors (Lipinski definition) is 3. The first kappa shape index (κ1) is 9.48. The van der Waals surface area contributed by atoms with E-state index >= 15 is 0 Å². The van der Waals surface area contributed by atoms with Crippen LogP contribution in [-0.4, -0.2) is 29.7 Å². The second-order valence-electron chi connectivity index (χ2n) is 3.40. The average molecular weight is 172 g/mol. The van der Waals surface area contributed by atoms with Crippen LogP contribution >= 0.6 is 0 Å². The molecule has 0 bridgehead atoms. The minimum absolute atomic E-state index is 0.00174. The molecule has 12 heavy (non-hydrogen) atoms. The summed E-state index contributed by atoms with van der Waals surface area (Å²) in [5.41, 5.74) is 4.81. The first-order chi connectivity index (χ1) is 5.72. The normalized spacial score (nSPS) is 20.8. The molecule has 1 aliphatic carbocycles. The molecule has 4 N–H and O–H groups in total. The summed E-state index contributed by atoms with van der Waals surface area (Å²) in [6, 6.07) is 0. The minimum Gasteiger partial charge on any atom is -0.394 e. The average Bonchev–Trinajstić information content (AvgIpc) is 2.54. The van der Waals surface area contributed by atoms with Gasteiger partial charge in [0.1, 0.15) is 0 Å². The first-order valence-electron chi connectivity index (χ1n) is 4.34. The summed E-state index contributed by atoms with van der Waals surface area (Å²) in [7, 11) is 0. The van der Waals surface area contributed by atoms with E-state index in [9.17, 15) is 4.79 Å². The monoisotopic (exact) mass is 172 g/mol. The van der Waals surface area contributed by atoms with Crippen LogP contribution in [-0.2, 0) is 4.79 Å². The highest BCUT2D eigenvalue weighted by Crippen LogP contribution is 2.28. The maximum atomic E-state index is 11.0. The highest BCUT2D eigenvalue weighted by molar-refractivity contribution is 5.78. The van der Waals surface area contributed by atoms with Gasteiger partial charge >= 0.3 is 0 Å². The van der Waals surface area contributed by atoms with Gasteiger partial charge in [0, 0.05) is 0 Å². The fraction of sp³-hybridized carbons (Fsp3) is 0.875. The molecular formula is C8H16N2O2.